The first-order chi connectivity index (χ1) is 9.58. The Morgan fingerprint density at radius 1 is 1.29 bits per heavy atom. The monoisotopic (exact) mass is 310 g/mol. The lowest BCUT2D eigenvalue weighted by Crippen LogP contribution is -2.57. The van der Waals surface area contributed by atoms with Crippen LogP contribution in [0.15, 0.2) is 24.3 Å². The van der Waals surface area contributed by atoms with Crippen LogP contribution in [0.5, 0.6) is 0 Å². The number of carbonyl (C=O) groups excluding carboxylic acids is 1. The minimum absolute atomic E-state index is 0. The number of hydrogen-bond donors (Lipinski definition) is 1. The Morgan fingerprint density at radius 2 is 1.95 bits per heavy atom. The second-order valence-corrected chi connectivity index (χ2v) is 5.91. The molecule has 1 heterocycles. The van der Waals surface area contributed by atoms with Gasteiger partial charge in [0.25, 0.3) is 0 Å². The van der Waals surface area contributed by atoms with Crippen molar-refractivity contribution >= 4 is 18.3 Å². The summed E-state index contributed by atoms with van der Waals surface area (Å²) < 4.78 is 0. The molecule has 21 heavy (non-hydrogen) atoms. The molecule has 2 atom stereocenters. The number of carbonyl (C=O) groups is 1. The normalized spacial score (nSPS) is 21.8. The molecule has 1 saturated heterocycles. The van der Waals surface area contributed by atoms with Crippen LogP contribution >= 0.6 is 12.4 Å². The third-order valence-electron chi connectivity index (χ3n) is 4.33. The third kappa shape index (κ3) is 5.01. The van der Waals surface area contributed by atoms with Crippen molar-refractivity contribution in [2.75, 3.05) is 13.1 Å². The number of benzene rings is 1. The van der Waals surface area contributed by atoms with Gasteiger partial charge in [-0.1, -0.05) is 29.8 Å². The van der Waals surface area contributed by atoms with E-state index < -0.39 is 0 Å². The summed E-state index contributed by atoms with van der Waals surface area (Å²) in [4.78, 5) is 14.3. The average Bonchev–Trinajstić information content (AvgIpc) is 2.44. The van der Waals surface area contributed by atoms with Crippen molar-refractivity contribution in [1.29, 1.82) is 0 Å². The fourth-order valence-corrected chi connectivity index (χ4v) is 2.75. The molecular weight excluding hydrogens is 284 g/mol. The molecule has 1 aliphatic rings. The molecule has 0 radical (unpaired) electrons. The van der Waals surface area contributed by atoms with Gasteiger partial charge in [-0.3, -0.25) is 4.79 Å². The smallest absolute Gasteiger partial charge is 0.222 e. The van der Waals surface area contributed by atoms with E-state index in [-0.39, 0.29) is 12.4 Å². The van der Waals surface area contributed by atoms with Crippen LogP contribution in [0.25, 0.3) is 0 Å². The molecule has 4 heteroatoms. The molecule has 118 valence electrons. The third-order valence-corrected chi connectivity index (χ3v) is 4.33. The summed E-state index contributed by atoms with van der Waals surface area (Å²) in [5, 5.41) is 3.41. The Labute approximate surface area is 134 Å². The molecule has 2 rings (SSSR count). The maximum Gasteiger partial charge on any atom is 0.222 e. The molecule has 1 amide bonds. The van der Waals surface area contributed by atoms with Crippen LogP contribution in [0.1, 0.15) is 37.8 Å². The molecule has 1 aromatic carbocycles. The molecule has 1 aromatic rings. The molecule has 1 aliphatic heterocycles. The first-order valence-corrected chi connectivity index (χ1v) is 7.66. The molecule has 0 aromatic heterocycles. The first-order valence-electron chi connectivity index (χ1n) is 7.66. The lowest BCUT2D eigenvalue weighted by molar-refractivity contribution is -0.134. The molecule has 0 spiro atoms. The van der Waals surface area contributed by atoms with Crippen LogP contribution in [0, 0.1) is 6.92 Å². The summed E-state index contributed by atoms with van der Waals surface area (Å²) in [6.07, 6.45) is 2.58. The van der Waals surface area contributed by atoms with Gasteiger partial charge in [-0.2, -0.15) is 0 Å². The van der Waals surface area contributed by atoms with Gasteiger partial charge in [0.1, 0.15) is 0 Å². The topological polar surface area (TPSA) is 32.3 Å². The predicted molar refractivity (Wildman–Crippen MR) is 90.0 cm³/mol. The number of nitrogens with zero attached hydrogens (tertiary/aromatic N) is 1. The van der Waals surface area contributed by atoms with Crippen molar-refractivity contribution in [1.82, 2.24) is 10.2 Å². The summed E-state index contributed by atoms with van der Waals surface area (Å²) >= 11 is 0. The second kappa shape index (κ2) is 8.40. The fourth-order valence-electron chi connectivity index (χ4n) is 2.75. The standard InChI is InChI=1S/C17H26N2O.ClH/c1-13-7-9-16(10-8-13)5-4-6-17(20)19-12-11-18-14(2)15(19)3;/h7-10,14-15,18H,4-6,11-12H2,1-3H3;1H. The maximum atomic E-state index is 12.3. The van der Waals surface area contributed by atoms with Crippen LogP contribution in [0.4, 0.5) is 0 Å². The van der Waals surface area contributed by atoms with Crippen LogP contribution in [0.2, 0.25) is 0 Å². The number of amides is 1. The zero-order valence-electron chi connectivity index (χ0n) is 13.3. The lowest BCUT2D eigenvalue weighted by Gasteiger charge is -2.38. The number of aryl methyl sites for hydroxylation is 2. The predicted octanol–water partition coefficient (Wildman–Crippen LogP) is 2.95. The fraction of sp³-hybridized carbons (Fsp3) is 0.588. The molecule has 3 nitrogen and oxygen atoms in total. The zero-order valence-corrected chi connectivity index (χ0v) is 14.1. The van der Waals surface area contributed by atoms with E-state index in [1.54, 1.807) is 0 Å². The van der Waals surface area contributed by atoms with Gasteiger partial charge in [0.15, 0.2) is 0 Å². The van der Waals surface area contributed by atoms with E-state index >= 15 is 0 Å². The van der Waals surface area contributed by atoms with E-state index in [1.165, 1.54) is 11.1 Å². The van der Waals surface area contributed by atoms with Gasteiger partial charge in [0, 0.05) is 31.6 Å². The summed E-state index contributed by atoms with van der Waals surface area (Å²) in [5.41, 5.74) is 2.61. The van der Waals surface area contributed by atoms with Crippen molar-refractivity contribution in [3.63, 3.8) is 0 Å². The Balaban J connectivity index is 0.00000220. The van der Waals surface area contributed by atoms with E-state index in [2.05, 4.69) is 50.4 Å². The summed E-state index contributed by atoms with van der Waals surface area (Å²) in [6.45, 7) is 8.13. The van der Waals surface area contributed by atoms with Gasteiger partial charge in [0.05, 0.1) is 0 Å². The van der Waals surface area contributed by atoms with Crippen LogP contribution in [-0.4, -0.2) is 36.0 Å². The summed E-state index contributed by atoms with van der Waals surface area (Å²) in [5.74, 6) is 0.304. The van der Waals surface area contributed by atoms with Gasteiger partial charge in [-0.25, -0.2) is 0 Å². The highest BCUT2D eigenvalue weighted by atomic mass is 35.5. The van der Waals surface area contributed by atoms with E-state index in [9.17, 15) is 4.79 Å². The van der Waals surface area contributed by atoms with Crippen LogP contribution < -0.4 is 5.32 Å². The average molecular weight is 311 g/mol. The highest BCUT2D eigenvalue weighted by molar-refractivity contribution is 5.85. The molecule has 1 N–H and O–H groups in total. The SMILES string of the molecule is Cc1ccc(CCCC(=O)N2CCNC(C)C2C)cc1.Cl. The van der Waals surface area contributed by atoms with Gasteiger partial charge >= 0.3 is 0 Å². The highest BCUT2D eigenvalue weighted by Gasteiger charge is 2.27. The number of rotatable bonds is 4. The Morgan fingerprint density at radius 3 is 2.62 bits per heavy atom. The molecule has 0 bridgehead atoms. The number of halogens is 1. The number of nitrogens with one attached hydrogen (secondary N) is 1. The molecule has 0 saturated carbocycles. The van der Waals surface area contributed by atoms with Crippen molar-refractivity contribution in [2.24, 2.45) is 0 Å². The highest BCUT2D eigenvalue weighted by Crippen LogP contribution is 2.13. The van der Waals surface area contributed by atoms with E-state index in [0.29, 0.717) is 24.4 Å². The maximum absolute atomic E-state index is 12.3. The molecule has 1 fully saturated rings. The van der Waals surface area contributed by atoms with Gasteiger partial charge < -0.3 is 10.2 Å². The van der Waals surface area contributed by atoms with Gasteiger partial charge in [0.2, 0.25) is 5.91 Å². The number of hydrogen-bond acceptors (Lipinski definition) is 2. The first kappa shape index (κ1) is 18.0. The Hall–Kier alpha value is -1.06. The van der Waals surface area contributed by atoms with Gasteiger partial charge in [-0.15, -0.1) is 12.4 Å². The van der Waals surface area contributed by atoms with E-state index in [4.69, 9.17) is 0 Å². The second-order valence-electron chi connectivity index (χ2n) is 5.91. The van der Waals surface area contributed by atoms with Crippen molar-refractivity contribution < 1.29 is 4.79 Å². The van der Waals surface area contributed by atoms with Crippen molar-refractivity contribution in [3.8, 4) is 0 Å². The van der Waals surface area contributed by atoms with Crippen LogP contribution in [0.3, 0.4) is 0 Å². The molecular formula is C17H27ClN2O. The molecule has 2 unspecified atom stereocenters. The quantitative estimate of drug-likeness (QED) is 0.927. The van der Waals surface area contributed by atoms with Crippen LogP contribution in [-0.2, 0) is 11.2 Å². The zero-order chi connectivity index (χ0) is 14.5. The Bertz CT molecular complexity index is 447. The minimum Gasteiger partial charge on any atom is -0.337 e. The number of piperazine rings is 1. The minimum atomic E-state index is 0. The largest absolute Gasteiger partial charge is 0.337 e. The van der Waals surface area contributed by atoms with Crippen molar-refractivity contribution in [3.05, 3.63) is 35.4 Å². The van der Waals surface area contributed by atoms with Gasteiger partial charge in [-0.05, 0) is 39.2 Å². The molecule has 0 aliphatic carbocycles. The van der Waals surface area contributed by atoms with Crippen molar-refractivity contribution in [2.45, 2.75) is 52.1 Å². The Kier molecular flexibility index (Phi) is 7.20. The lowest BCUT2D eigenvalue weighted by atomic mass is 10.0. The van der Waals surface area contributed by atoms with E-state index in [1.807, 2.05) is 4.90 Å². The summed E-state index contributed by atoms with van der Waals surface area (Å²) in [6, 6.07) is 9.29. The summed E-state index contributed by atoms with van der Waals surface area (Å²) in [7, 11) is 0. The van der Waals surface area contributed by atoms with E-state index in [0.717, 1.165) is 25.9 Å².